The van der Waals surface area contributed by atoms with Crippen molar-refractivity contribution in [2.24, 2.45) is 0 Å². The lowest BCUT2D eigenvalue weighted by Gasteiger charge is -2.38. The van der Waals surface area contributed by atoms with Crippen molar-refractivity contribution in [1.82, 2.24) is 9.88 Å². The molecular formula is C14H12BrN3OS. The third kappa shape index (κ3) is 3.18. The molecule has 102 valence electrons. The Bertz CT molecular complexity index is 646. The highest BCUT2D eigenvalue weighted by Gasteiger charge is 2.28. The van der Waals surface area contributed by atoms with Gasteiger partial charge in [0.15, 0.2) is 0 Å². The van der Waals surface area contributed by atoms with Gasteiger partial charge in [0.1, 0.15) is 23.6 Å². The summed E-state index contributed by atoms with van der Waals surface area (Å²) in [7, 11) is 0. The summed E-state index contributed by atoms with van der Waals surface area (Å²) in [5.41, 5.74) is 0.391. The summed E-state index contributed by atoms with van der Waals surface area (Å²) < 4.78 is 7.00. The van der Waals surface area contributed by atoms with Crippen molar-refractivity contribution in [3.05, 3.63) is 44.8 Å². The predicted molar refractivity (Wildman–Crippen MR) is 80.7 cm³/mol. The zero-order valence-electron chi connectivity index (χ0n) is 10.6. The fourth-order valence-electron chi connectivity index (χ4n) is 2.12. The number of rotatable bonds is 4. The van der Waals surface area contributed by atoms with Crippen molar-refractivity contribution < 1.29 is 4.74 Å². The molecule has 3 heterocycles. The van der Waals surface area contributed by atoms with Crippen molar-refractivity contribution >= 4 is 27.3 Å². The molecule has 0 atom stereocenters. The highest BCUT2D eigenvalue weighted by Crippen LogP contribution is 2.26. The number of halogens is 1. The van der Waals surface area contributed by atoms with E-state index in [1.807, 2.05) is 6.07 Å². The Labute approximate surface area is 129 Å². The maximum absolute atomic E-state index is 8.80. The van der Waals surface area contributed by atoms with Gasteiger partial charge in [0, 0.05) is 36.8 Å². The molecule has 0 unspecified atom stereocenters. The van der Waals surface area contributed by atoms with Crippen LogP contribution in [-0.4, -0.2) is 29.1 Å². The van der Waals surface area contributed by atoms with Gasteiger partial charge in [-0.1, -0.05) is 0 Å². The molecule has 0 aliphatic carbocycles. The minimum Gasteiger partial charge on any atom is -0.488 e. The standard InChI is InChI=1S/C14H12BrN3OS/c15-14-2-1-13(20-14)9-18-7-12(8-18)19-11-3-4-17-10(5-11)6-16/h1-5,12H,7-9H2. The average Bonchev–Trinajstić information content (AvgIpc) is 2.82. The zero-order chi connectivity index (χ0) is 13.9. The first-order valence-corrected chi connectivity index (χ1v) is 7.83. The second kappa shape index (κ2) is 5.92. The lowest BCUT2D eigenvalue weighted by molar-refractivity contribution is 0.0151. The van der Waals surface area contributed by atoms with E-state index < -0.39 is 0 Å². The molecule has 1 saturated heterocycles. The van der Waals surface area contributed by atoms with Gasteiger partial charge in [-0.2, -0.15) is 5.26 Å². The van der Waals surface area contributed by atoms with Crippen LogP contribution in [0.4, 0.5) is 0 Å². The van der Waals surface area contributed by atoms with Gasteiger partial charge in [-0.25, -0.2) is 4.98 Å². The number of pyridine rings is 1. The summed E-state index contributed by atoms with van der Waals surface area (Å²) in [5.74, 6) is 0.722. The maximum Gasteiger partial charge on any atom is 0.144 e. The van der Waals surface area contributed by atoms with Gasteiger partial charge in [0.05, 0.1) is 3.79 Å². The second-order valence-electron chi connectivity index (χ2n) is 4.63. The van der Waals surface area contributed by atoms with E-state index in [1.165, 1.54) is 8.66 Å². The number of hydrogen-bond donors (Lipinski definition) is 0. The first-order valence-electron chi connectivity index (χ1n) is 6.22. The van der Waals surface area contributed by atoms with Gasteiger partial charge in [-0.3, -0.25) is 4.90 Å². The van der Waals surface area contributed by atoms with Crippen LogP contribution in [0.3, 0.4) is 0 Å². The molecule has 0 radical (unpaired) electrons. The Morgan fingerprint density at radius 3 is 3.00 bits per heavy atom. The van der Waals surface area contributed by atoms with Crippen molar-refractivity contribution in [2.45, 2.75) is 12.6 Å². The van der Waals surface area contributed by atoms with Gasteiger partial charge in [-0.05, 0) is 34.1 Å². The number of thiophene rings is 1. The van der Waals surface area contributed by atoms with Crippen LogP contribution < -0.4 is 4.74 Å². The number of likely N-dealkylation sites (tertiary alicyclic amines) is 1. The molecule has 0 spiro atoms. The third-order valence-electron chi connectivity index (χ3n) is 3.08. The molecule has 0 N–H and O–H groups in total. The van der Waals surface area contributed by atoms with E-state index in [2.05, 4.69) is 37.9 Å². The zero-order valence-corrected chi connectivity index (χ0v) is 13.0. The molecule has 2 aromatic rings. The lowest BCUT2D eigenvalue weighted by atomic mass is 10.1. The Kier molecular flexibility index (Phi) is 4.01. The van der Waals surface area contributed by atoms with Crippen LogP contribution in [0.15, 0.2) is 34.2 Å². The van der Waals surface area contributed by atoms with Crippen LogP contribution in [0.25, 0.3) is 0 Å². The van der Waals surface area contributed by atoms with Gasteiger partial charge in [0.25, 0.3) is 0 Å². The van der Waals surface area contributed by atoms with E-state index in [0.29, 0.717) is 5.69 Å². The van der Waals surface area contributed by atoms with Crippen LogP contribution in [0.2, 0.25) is 0 Å². The Morgan fingerprint density at radius 1 is 1.45 bits per heavy atom. The number of nitriles is 1. The summed E-state index contributed by atoms with van der Waals surface area (Å²) >= 11 is 5.24. The van der Waals surface area contributed by atoms with Crippen molar-refractivity contribution in [3.63, 3.8) is 0 Å². The quantitative estimate of drug-likeness (QED) is 0.851. The average molecular weight is 350 g/mol. The Morgan fingerprint density at radius 2 is 2.30 bits per heavy atom. The summed E-state index contributed by atoms with van der Waals surface area (Å²) in [6, 6.07) is 9.71. The number of aromatic nitrogens is 1. The van der Waals surface area contributed by atoms with Crippen LogP contribution >= 0.6 is 27.3 Å². The summed E-state index contributed by atoms with van der Waals surface area (Å²) in [6.45, 7) is 2.80. The first-order chi connectivity index (χ1) is 9.72. The third-order valence-corrected chi connectivity index (χ3v) is 4.69. The van der Waals surface area contributed by atoms with E-state index in [4.69, 9.17) is 10.00 Å². The van der Waals surface area contributed by atoms with Gasteiger partial charge in [-0.15, -0.1) is 11.3 Å². The highest BCUT2D eigenvalue weighted by molar-refractivity contribution is 9.11. The van der Waals surface area contributed by atoms with E-state index >= 15 is 0 Å². The smallest absolute Gasteiger partial charge is 0.144 e. The summed E-state index contributed by atoms with van der Waals surface area (Å²) in [4.78, 5) is 7.62. The molecule has 2 aromatic heterocycles. The number of ether oxygens (including phenoxy) is 1. The summed E-state index contributed by atoms with van der Waals surface area (Å²) in [5, 5.41) is 8.80. The van der Waals surface area contributed by atoms with Gasteiger partial charge in [0.2, 0.25) is 0 Å². The molecule has 0 aromatic carbocycles. The van der Waals surface area contributed by atoms with Gasteiger partial charge < -0.3 is 4.74 Å². The number of nitrogens with zero attached hydrogens (tertiary/aromatic N) is 3. The largest absolute Gasteiger partial charge is 0.488 e. The Hall–Kier alpha value is -1.42. The maximum atomic E-state index is 8.80. The molecule has 1 fully saturated rings. The topological polar surface area (TPSA) is 49.1 Å². The molecule has 1 aliphatic rings. The molecule has 4 nitrogen and oxygen atoms in total. The highest BCUT2D eigenvalue weighted by atomic mass is 79.9. The minimum absolute atomic E-state index is 0.201. The molecular weight excluding hydrogens is 338 g/mol. The van der Waals surface area contributed by atoms with E-state index in [-0.39, 0.29) is 6.10 Å². The molecule has 1 aliphatic heterocycles. The molecule has 0 amide bonds. The molecule has 20 heavy (non-hydrogen) atoms. The SMILES string of the molecule is N#Cc1cc(OC2CN(Cc3ccc(Br)s3)C2)ccn1. The lowest BCUT2D eigenvalue weighted by Crippen LogP contribution is -2.52. The predicted octanol–water partition coefficient (Wildman–Crippen LogP) is 3.04. The first kappa shape index (κ1) is 13.6. The van der Waals surface area contributed by atoms with E-state index in [9.17, 15) is 0 Å². The monoisotopic (exact) mass is 349 g/mol. The van der Waals surface area contributed by atoms with E-state index in [1.54, 1.807) is 29.7 Å². The van der Waals surface area contributed by atoms with Crippen LogP contribution in [-0.2, 0) is 6.54 Å². The minimum atomic E-state index is 0.201. The van der Waals surface area contributed by atoms with Crippen molar-refractivity contribution in [2.75, 3.05) is 13.1 Å². The molecule has 0 saturated carbocycles. The van der Waals surface area contributed by atoms with Crippen LogP contribution in [0, 0.1) is 11.3 Å². The normalized spacial score (nSPS) is 15.6. The molecule has 0 bridgehead atoms. The second-order valence-corrected chi connectivity index (χ2v) is 7.18. The number of hydrogen-bond acceptors (Lipinski definition) is 5. The fraction of sp³-hybridized carbons (Fsp3) is 0.286. The van der Waals surface area contributed by atoms with Crippen LogP contribution in [0.5, 0.6) is 5.75 Å². The van der Waals surface area contributed by atoms with Gasteiger partial charge >= 0.3 is 0 Å². The van der Waals surface area contributed by atoms with Crippen LogP contribution in [0.1, 0.15) is 10.6 Å². The summed E-state index contributed by atoms with van der Waals surface area (Å²) in [6.07, 6.45) is 1.81. The van der Waals surface area contributed by atoms with Crippen molar-refractivity contribution in [3.8, 4) is 11.8 Å². The van der Waals surface area contributed by atoms with E-state index in [0.717, 1.165) is 25.4 Å². The fourth-order valence-corrected chi connectivity index (χ4v) is 3.65. The molecule has 3 rings (SSSR count). The Balaban J connectivity index is 1.49. The van der Waals surface area contributed by atoms with Crippen molar-refractivity contribution in [1.29, 1.82) is 5.26 Å². The molecule has 6 heteroatoms.